The van der Waals surface area contributed by atoms with Gasteiger partial charge in [0, 0.05) is 21.3 Å². The molecule has 0 heterocycles. The van der Waals surface area contributed by atoms with Gasteiger partial charge in [0.25, 0.3) is 5.91 Å². The first-order valence-electron chi connectivity index (χ1n) is 6.08. The standard InChI is InChI=1S/C15H14Cl2N2O/c1-9(10-2-4-12(16)5-3-10)19-15(20)11-6-13(17)8-14(18)7-11/h2-9H,18H2,1H3,(H,19,20). The predicted octanol–water partition coefficient (Wildman–Crippen LogP) is 4.07. The van der Waals surface area contributed by atoms with Crippen LogP contribution in [0.15, 0.2) is 42.5 Å². The van der Waals surface area contributed by atoms with Crippen molar-refractivity contribution < 1.29 is 4.79 Å². The Morgan fingerprint density at radius 1 is 1.10 bits per heavy atom. The lowest BCUT2D eigenvalue weighted by atomic mass is 10.1. The molecule has 0 aliphatic rings. The Labute approximate surface area is 127 Å². The molecule has 3 N–H and O–H groups in total. The summed E-state index contributed by atoms with van der Waals surface area (Å²) in [5, 5.41) is 3.99. The molecule has 1 atom stereocenters. The van der Waals surface area contributed by atoms with Crippen LogP contribution in [-0.2, 0) is 0 Å². The molecule has 0 aliphatic heterocycles. The zero-order valence-electron chi connectivity index (χ0n) is 10.9. The normalized spacial score (nSPS) is 11.9. The third kappa shape index (κ3) is 3.65. The first-order valence-corrected chi connectivity index (χ1v) is 6.83. The molecule has 0 fully saturated rings. The van der Waals surface area contributed by atoms with Crippen LogP contribution in [0, 0.1) is 0 Å². The predicted molar refractivity (Wildman–Crippen MR) is 83.2 cm³/mol. The van der Waals surface area contributed by atoms with Gasteiger partial charge < -0.3 is 11.1 Å². The first-order chi connectivity index (χ1) is 9.45. The van der Waals surface area contributed by atoms with Crippen LogP contribution >= 0.6 is 23.2 Å². The van der Waals surface area contributed by atoms with Gasteiger partial charge in [-0.1, -0.05) is 35.3 Å². The number of halogens is 2. The summed E-state index contributed by atoms with van der Waals surface area (Å²) in [5.74, 6) is -0.221. The van der Waals surface area contributed by atoms with Crippen LogP contribution in [0.1, 0.15) is 28.9 Å². The van der Waals surface area contributed by atoms with Crippen molar-refractivity contribution in [1.29, 1.82) is 0 Å². The summed E-state index contributed by atoms with van der Waals surface area (Å²) < 4.78 is 0. The van der Waals surface area contributed by atoms with Crippen LogP contribution in [-0.4, -0.2) is 5.91 Å². The Balaban J connectivity index is 2.12. The van der Waals surface area contributed by atoms with Crippen molar-refractivity contribution in [2.75, 3.05) is 5.73 Å². The molecule has 1 amide bonds. The van der Waals surface area contributed by atoms with E-state index in [-0.39, 0.29) is 11.9 Å². The highest BCUT2D eigenvalue weighted by Crippen LogP contribution is 2.19. The molecule has 0 radical (unpaired) electrons. The molecule has 0 saturated heterocycles. The molecule has 2 rings (SSSR count). The first kappa shape index (κ1) is 14.7. The lowest BCUT2D eigenvalue weighted by Crippen LogP contribution is -2.26. The van der Waals surface area contributed by atoms with Crippen LogP contribution in [0.3, 0.4) is 0 Å². The molecule has 3 nitrogen and oxygen atoms in total. The van der Waals surface area contributed by atoms with E-state index in [0.717, 1.165) is 5.56 Å². The van der Waals surface area contributed by atoms with Gasteiger partial charge in [0.2, 0.25) is 0 Å². The maximum atomic E-state index is 12.1. The van der Waals surface area contributed by atoms with Crippen molar-refractivity contribution in [3.63, 3.8) is 0 Å². The number of hydrogen-bond acceptors (Lipinski definition) is 2. The average molecular weight is 309 g/mol. The highest BCUT2D eigenvalue weighted by atomic mass is 35.5. The van der Waals surface area contributed by atoms with E-state index in [1.165, 1.54) is 0 Å². The quantitative estimate of drug-likeness (QED) is 0.840. The molecule has 5 heteroatoms. The fourth-order valence-electron chi connectivity index (χ4n) is 1.86. The van der Waals surface area contributed by atoms with Gasteiger partial charge in [0.1, 0.15) is 0 Å². The Kier molecular flexibility index (Phi) is 4.53. The highest BCUT2D eigenvalue weighted by molar-refractivity contribution is 6.31. The molecule has 0 aromatic heterocycles. The van der Waals surface area contributed by atoms with Crippen molar-refractivity contribution >= 4 is 34.8 Å². The lowest BCUT2D eigenvalue weighted by molar-refractivity contribution is 0.0940. The molecule has 2 aromatic carbocycles. The second-order valence-corrected chi connectivity index (χ2v) is 5.39. The summed E-state index contributed by atoms with van der Waals surface area (Å²) in [4.78, 5) is 12.1. The van der Waals surface area contributed by atoms with Crippen molar-refractivity contribution in [1.82, 2.24) is 5.32 Å². The molecular weight excluding hydrogens is 295 g/mol. The Morgan fingerprint density at radius 2 is 1.75 bits per heavy atom. The number of rotatable bonds is 3. The topological polar surface area (TPSA) is 55.1 Å². The number of nitrogens with one attached hydrogen (secondary N) is 1. The van der Waals surface area contributed by atoms with Gasteiger partial charge in [-0.2, -0.15) is 0 Å². The van der Waals surface area contributed by atoms with Gasteiger partial charge in [-0.15, -0.1) is 0 Å². The molecule has 0 saturated carbocycles. The Morgan fingerprint density at radius 3 is 2.35 bits per heavy atom. The molecule has 104 valence electrons. The van der Waals surface area contributed by atoms with Crippen LogP contribution in [0.2, 0.25) is 10.0 Å². The van der Waals surface area contributed by atoms with Gasteiger partial charge in [0.05, 0.1) is 6.04 Å². The van der Waals surface area contributed by atoms with Gasteiger partial charge >= 0.3 is 0 Å². The van der Waals surface area contributed by atoms with E-state index in [1.807, 2.05) is 19.1 Å². The molecule has 2 aromatic rings. The minimum Gasteiger partial charge on any atom is -0.399 e. The van der Waals surface area contributed by atoms with Gasteiger partial charge in [0.15, 0.2) is 0 Å². The summed E-state index contributed by atoms with van der Waals surface area (Å²) >= 11 is 11.7. The molecule has 0 bridgehead atoms. The number of hydrogen-bond donors (Lipinski definition) is 2. The largest absolute Gasteiger partial charge is 0.399 e. The zero-order valence-corrected chi connectivity index (χ0v) is 12.4. The molecular formula is C15H14Cl2N2O. The van der Waals surface area contributed by atoms with E-state index in [1.54, 1.807) is 30.3 Å². The maximum Gasteiger partial charge on any atom is 0.251 e. The minimum atomic E-state index is -0.221. The summed E-state index contributed by atoms with van der Waals surface area (Å²) in [6.07, 6.45) is 0. The third-order valence-electron chi connectivity index (χ3n) is 2.90. The lowest BCUT2D eigenvalue weighted by Gasteiger charge is -2.15. The van der Waals surface area contributed by atoms with E-state index in [4.69, 9.17) is 28.9 Å². The van der Waals surface area contributed by atoms with E-state index in [0.29, 0.717) is 21.3 Å². The SMILES string of the molecule is CC(NC(=O)c1cc(N)cc(Cl)c1)c1ccc(Cl)cc1. The fourth-order valence-corrected chi connectivity index (χ4v) is 2.23. The van der Waals surface area contributed by atoms with E-state index >= 15 is 0 Å². The second-order valence-electron chi connectivity index (χ2n) is 4.52. The average Bonchev–Trinajstić information content (AvgIpc) is 2.38. The van der Waals surface area contributed by atoms with Crippen molar-refractivity contribution in [3.8, 4) is 0 Å². The van der Waals surface area contributed by atoms with Crippen LogP contribution in [0.25, 0.3) is 0 Å². The molecule has 0 spiro atoms. The number of benzene rings is 2. The summed E-state index contributed by atoms with van der Waals surface area (Å²) in [6.45, 7) is 1.90. The minimum absolute atomic E-state index is 0.139. The maximum absolute atomic E-state index is 12.1. The number of carbonyl (C=O) groups is 1. The second kappa shape index (κ2) is 6.16. The molecule has 20 heavy (non-hydrogen) atoms. The smallest absolute Gasteiger partial charge is 0.251 e. The number of nitrogens with two attached hydrogens (primary N) is 1. The zero-order chi connectivity index (χ0) is 14.7. The monoisotopic (exact) mass is 308 g/mol. The summed E-state index contributed by atoms with van der Waals surface area (Å²) in [5.41, 5.74) is 7.55. The van der Waals surface area contributed by atoms with E-state index in [2.05, 4.69) is 5.32 Å². The van der Waals surface area contributed by atoms with Crippen molar-refractivity contribution in [2.45, 2.75) is 13.0 Å². The Hall–Kier alpha value is -1.71. The van der Waals surface area contributed by atoms with Crippen LogP contribution in [0.4, 0.5) is 5.69 Å². The highest BCUT2D eigenvalue weighted by Gasteiger charge is 2.12. The van der Waals surface area contributed by atoms with Crippen molar-refractivity contribution in [2.24, 2.45) is 0 Å². The van der Waals surface area contributed by atoms with E-state index in [9.17, 15) is 4.79 Å². The van der Waals surface area contributed by atoms with Crippen LogP contribution in [0.5, 0.6) is 0 Å². The van der Waals surface area contributed by atoms with Gasteiger partial charge in [-0.25, -0.2) is 0 Å². The molecule has 0 aliphatic carbocycles. The van der Waals surface area contributed by atoms with Crippen LogP contribution < -0.4 is 11.1 Å². The van der Waals surface area contributed by atoms with Crippen molar-refractivity contribution in [3.05, 3.63) is 63.6 Å². The third-order valence-corrected chi connectivity index (χ3v) is 3.37. The number of carbonyl (C=O) groups excluding carboxylic acids is 1. The number of amides is 1. The van der Waals surface area contributed by atoms with Gasteiger partial charge in [-0.05, 0) is 42.8 Å². The number of anilines is 1. The summed E-state index contributed by atoms with van der Waals surface area (Å²) in [7, 11) is 0. The fraction of sp³-hybridized carbons (Fsp3) is 0.133. The number of nitrogen functional groups attached to an aromatic ring is 1. The summed E-state index contributed by atoms with van der Waals surface area (Å²) in [6, 6.07) is 12.0. The van der Waals surface area contributed by atoms with E-state index < -0.39 is 0 Å². The molecule has 1 unspecified atom stereocenters. The Bertz CT molecular complexity index is 606. The van der Waals surface area contributed by atoms with Gasteiger partial charge in [-0.3, -0.25) is 4.79 Å².